The van der Waals surface area contributed by atoms with Crippen molar-refractivity contribution in [1.82, 2.24) is 0 Å². The van der Waals surface area contributed by atoms with Crippen LogP contribution in [0, 0.1) is 6.92 Å². The van der Waals surface area contributed by atoms with E-state index in [9.17, 15) is 9.90 Å². The molecule has 3 rings (SSSR count). The Labute approximate surface area is 166 Å². The van der Waals surface area contributed by atoms with E-state index in [0.29, 0.717) is 21.3 Å². The number of ether oxygens (including phenoxy) is 1. The molecule has 136 valence electrons. The second-order valence-electron chi connectivity index (χ2n) is 5.84. The van der Waals surface area contributed by atoms with Gasteiger partial charge < -0.3 is 9.84 Å². The Morgan fingerprint density at radius 1 is 1.04 bits per heavy atom. The van der Waals surface area contributed by atoms with Gasteiger partial charge in [-0.3, -0.25) is 4.99 Å². The Kier molecular flexibility index (Phi) is 5.79. The molecule has 0 radical (unpaired) electrons. The third kappa shape index (κ3) is 4.88. The lowest BCUT2D eigenvalue weighted by Crippen LogP contribution is -2.08. The van der Waals surface area contributed by atoms with Gasteiger partial charge in [-0.15, -0.1) is 0 Å². The maximum atomic E-state index is 12.3. The quantitative estimate of drug-likeness (QED) is 0.333. The molecular weight excluding hydrogens is 385 g/mol. The maximum absolute atomic E-state index is 12.3. The van der Waals surface area contributed by atoms with Crippen molar-refractivity contribution in [3.05, 3.63) is 87.4 Å². The zero-order chi connectivity index (χ0) is 19.4. The number of halogens is 2. The number of benzene rings is 3. The fraction of sp³-hybridized carbons (Fsp3) is 0.0476. The fourth-order valence-electron chi connectivity index (χ4n) is 2.30. The number of phenolic OH excluding ortho intramolecular Hbond substituents is 1. The van der Waals surface area contributed by atoms with Gasteiger partial charge in [0.25, 0.3) is 0 Å². The van der Waals surface area contributed by atoms with E-state index in [-0.39, 0.29) is 11.5 Å². The largest absolute Gasteiger partial charge is 0.506 e. The molecule has 0 fully saturated rings. The van der Waals surface area contributed by atoms with Gasteiger partial charge in [0.2, 0.25) is 0 Å². The van der Waals surface area contributed by atoms with E-state index >= 15 is 0 Å². The van der Waals surface area contributed by atoms with Crippen LogP contribution in [0.5, 0.6) is 11.5 Å². The molecule has 0 saturated carbocycles. The highest BCUT2D eigenvalue weighted by atomic mass is 35.5. The van der Waals surface area contributed by atoms with E-state index in [0.717, 1.165) is 11.1 Å². The summed E-state index contributed by atoms with van der Waals surface area (Å²) in [4.78, 5) is 16.5. The summed E-state index contributed by atoms with van der Waals surface area (Å²) in [5.74, 6) is -0.232. The molecule has 0 unspecified atom stereocenters. The molecule has 0 bridgehead atoms. The first-order valence-corrected chi connectivity index (χ1v) is 8.79. The lowest BCUT2D eigenvalue weighted by molar-refractivity contribution is 0.0735. The SMILES string of the molecule is Cc1ccc(O)c(N=Cc2ccc(C(=O)Oc3cc(Cl)ccc3Cl)cc2)c1. The van der Waals surface area contributed by atoms with Gasteiger partial charge in [0.15, 0.2) is 5.75 Å². The number of aliphatic imine (C=N–C) groups is 1. The Hall–Kier alpha value is -2.82. The fourth-order valence-corrected chi connectivity index (χ4v) is 2.62. The van der Waals surface area contributed by atoms with E-state index < -0.39 is 5.97 Å². The van der Waals surface area contributed by atoms with Crippen LogP contribution >= 0.6 is 23.2 Å². The van der Waals surface area contributed by atoms with Crippen LogP contribution in [0.1, 0.15) is 21.5 Å². The number of hydrogen-bond acceptors (Lipinski definition) is 4. The van der Waals surface area contributed by atoms with Crippen molar-refractivity contribution in [2.75, 3.05) is 0 Å². The van der Waals surface area contributed by atoms with Crippen LogP contribution in [0.3, 0.4) is 0 Å². The van der Waals surface area contributed by atoms with Gasteiger partial charge in [-0.05, 0) is 54.4 Å². The molecule has 0 atom stereocenters. The molecule has 6 heteroatoms. The highest BCUT2D eigenvalue weighted by molar-refractivity contribution is 6.34. The average molecular weight is 400 g/mol. The first kappa shape index (κ1) is 19.0. The second-order valence-corrected chi connectivity index (χ2v) is 6.68. The number of esters is 1. The molecule has 0 aliphatic rings. The van der Waals surface area contributed by atoms with Crippen molar-refractivity contribution in [1.29, 1.82) is 0 Å². The van der Waals surface area contributed by atoms with E-state index in [1.807, 2.05) is 6.92 Å². The third-order valence-electron chi connectivity index (χ3n) is 3.73. The molecule has 0 heterocycles. The number of nitrogens with zero attached hydrogens (tertiary/aromatic N) is 1. The number of aryl methyl sites for hydroxylation is 1. The predicted octanol–water partition coefficient (Wildman–Crippen LogP) is 5.98. The predicted molar refractivity (Wildman–Crippen MR) is 108 cm³/mol. The van der Waals surface area contributed by atoms with Crippen molar-refractivity contribution in [3.8, 4) is 11.5 Å². The molecule has 0 aliphatic heterocycles. The van der Waals surface area contributed by atoms with Crippen LogP contribution in [-0.4, -0.2) is 17.3 Å². The third-order valence-corrected chi connectivity index (χ3v) is 4.27. The zero-order valence-corrected chi connectivity index (χ0v) is 15.8. The van der Waals surface area contributed by atoms with E-state index in [1.165, 1.54) is 6.07 Å². The highest BCUT2D eigenvalue weighted by Gasteiger charge is 2.11. The summed E-state index contributed by atoms with van der Waals surface area (Å²) < 4.78 is 5.29. The van der Waals surface area contributed by atoms with Crippen molar-refractivity contribution in [2.45, 2.75) is 6.92 Å². The number of phenols is 1. The van der Waals surface area contributed by atoms with Crippen LogP contribution in [-0.2, 0) is 0 Å². The van der Waals surface area contributed by atoms with Gasteiger partial charge in [0.05, 0.1) is 10.6 Å². The summed E-state index contributed by atoms with van der Waals surface area (Å²) in [5, 5.41) is 10.5. The number of rotatable bonds is 4. The molecule has 0 saturated heterocycles. The van der Waals surface area contributed by atoms with Crippen molar-refractivity contribution >= 4 is 41.1 Å². The van der Waals surface area contributed by atoms with Crippen LogP contribution in [0.15, 0.2) is 65.7 Å². The summed E-state index contributed by atoms with van der Waals surface area (Å²) >= 11 is 11.9. The van der Waals surface area contributed by atoms with Crippen LogP contribution in [0.2, 0.25) is 10.0 Å². The summed E-state index contributed by atoms with van der Waals surface area (Å²) in [6.45, 7) is 1.92. The van der Waals surface area contributed by atoms with Gasteiger partial charge in [-0.1, -0.05) is 41.4 Å². The Morgan fingerprint density at radius 3 is 2.52 bits per heavy atom. The van der Waals surface area contributed by atoms with Gasteiger partial charge >= 0.3 is 5.97 Å². The summed E-state index contributed by atoms with van der Waals surface area (Å²) in [7, 11) is 0. The number of aromatic hydroxyl groups is 1. The zero-order valence-electron chi connectivity index (χ0n) is 14.3. The summed E-state index contributed by atoms with van der Waals surface area (Å²) in [5.41, 5.74) is 2.61. The standard InChI is InChI=1S/C21H15Cl2NO3/c1-13-2-9-19(25)18(10-13)24-12-14-3-5-15(6-4-14)21(26)27-20-11-16(22)7-8-17(20)23/h2-12,25H,1H3. The Bertz CT molecular complexity index is 1010. The molecular formula is C21H15Cl2NO3. The van der Waals surface area contributed by atoms with Gasteiger partial charge in [0, 0.05) is 17.3 Å². The van der Waals surface area contributed by atoms with Crippen molar-refractivity contribution < 1.29 is 14.6 Å². The molecule has 0 spiro atoms. The first-order chi connectivity index (χ1) is 12.9. The lowest BCUT2D eigenvalue weighted by atomic mass is 10.1. The molecule has 4 nitrogen and oxygen atoms in total. The Balaban J connectivity index is 1.73. The van der Waals surface area contributed by atoms with Gasteiger partial charge in [0.1, 0.15) is 11.4 Å². The average Bonchev–Trinajstić information content (AvgIpc) is 2.66. The first-order valence-electron chi connectivity index (χ1n) is 8.03. The minimum Gasteiger partial charge on any atom is -0.506 e. The van der Waals surface area contributed by atoms with Crippen molar-refractivity contribution in [2.24, 2.45) is 4.99 Å². The van der Waals surface area contributed by atoms with Crippen molar-refractivity contribution in [3.63, 3.8) is 0 Å². The monoisotopic (exact) mass is 399 g/mol. The number of carbonyl (C=O) groups is 1. The number of hydrogen-bond donors (Lipinski definition) is 1. The number of carbonyl (C=O) groups excluding carboxylic acids is 1. The van der Waals surface area contributed by atoms with Gasteiger partial charge in [-0.2, -0.15) is 0 Å². The molecule has 1 N–H and O–H groups in total. The molecule has 0 aliphatic carbocycles. The lowest BCUT2D eigenvalue weighted by Gasteiger charge is -2.07. The molecule has 3 aromatic rings. The normalized spacial score (nSPS) is 10.9. The Morgan fingerprint density at radius 2 is 1.78 bits per heavy atom. The minimum absolute atomic E-state index is 0.107. The van der Waals surface area contributed by atoms with Crippen LogP contribution in [0.4, 0.5) is 5.69 Å². The van der Waals surface area contributed by atoms with Gasteiger partial charge in [-0.25, -0.2) is 4.79 Å². The molecule has 0 amide bonds. The summed E-state index contributed by atoms with van der Waals surface area (Å²) in [6, 6.07) is 16.6. The smallest absolute Gasteiger partial charge is 0.343 e. The van der Waals surface area contributed by atoms with E-state index in [2.05, 4.69) is 4.99 Å². The highest BCUT2D eigenvalue weighted by Crippen LogP contribution is 2.29. The molecule has 27 heavy (non-hydrogen) atoms. The van der Waals surface area contributed by atoms with E-state index in [4.69, 9.17) is 27.9 Å². The maximum Gasteiger partial charge on any atom is 0.343 e. The topological polar surface area (TPSA) is 58.9 Å². The summed E-state index contributed by atoms with van der Waals surface area (Å²) in [6.07, 6.45) is 1.61. The van der Waals surface area contributed by atoms with Crippen LogP contribution in [0.25, 0.3) is 0 Å². The second kappa shape index (κ2) is 8.25. The molecule has 0 aromatic heterocycles. The molecule has 3 aromatic carbocycles. The minimum atomic E-state index is -0.543. The van der Waals surface area contributed by atoms with Crippen LogP contribution < -0.4 is 4.74 Å². The van der Waals surface area contributed by atoms with E-state index in [1.54, 1.807) is 60.8 Å².